The second-order valence-corrected chi connectivity index (χ2v) is 15.8. The summed E-state index contributed by atoms with van der Waals surface area (Å²) in [7, 11) is 0. The summed E-state index contributed by atoms with van der Waals surface area (Å²) >= 11 is 0. The van der Waals surface area contributed by atoms with Gasteiger partial charge in [-0.3, -0.25) is 0 Å². The molecule has 0 unspecified atom stereocenters. The van der Waals surface area contributed by atoms with E-state index in [1.165, 1.54) is 270 Å². The normalized spacial score (nSPS) is 11.3. The molecule has 298 valence electrons. The monoisotopic (exact) mass is 694 g/mol. The third-order valence-corrected chi connectivity index (χ3v) is 10.6. The lowest BCUT2D eigenvalue weighted by atomic mass is 10.0. The van der Waals surface area contributed by atoms with Gasteiger partial charge in [-0.25, -0.2) is 0 Å². The molecule has 0 spiro atoms. The van der Waals surface area contributed by atoms with Gasteiger partial charge >= 0.3 is 0 Å². The van der Waals surface area contributed by atoms with Crippen molar-refractivity contribution < 1.29 is 0 Å². The zero-order chi connectivity index (χ0) is 35.8. The topological polar surface area (TPSA) is 64.1 Å². The number of nitrogens with one attached hydrogen (secondary N) is 1. The molecule has 0 atom stereocenters. The van der Waals surface area contributed by atoms with Crippen molar-refractivity contribution in [3.63, 3.8) is 0 Å². The minimum absolute atomic E-state index is 0.597. The van der Waals surface area contributed by atoms with Crippen LogP contribution in [0.15, 0.2) is 0 Å². The Kier molecular flexibility index (Phi) is 54.4. The Hall–Kier alpha value is -0.120. The number of hydrogen-bond donors (Lipinski definition) is 3. The summed E-state index contributed by atoms with van der Waals surface area (Å²) in [6.07, 6.45) is 58.7. The van der Waals surface area contributed by atoms with Gasteiger partial charge in [0.05, 0.1) is 0 Å². The van der Waals surface area contributed by atoms with Crippen LogP contribution >= 0.6 is 0 Å². The van der Waals surface area contributed by atoms with E-state index in [0.717, 1.165) is 0 Å². The van der Waals surface area contributed by atoms with Gasteiger partial charge in [0, 0.05) is 13.1 Å². The number of nitrogens with two attached hydrogens (primary N) is 2. The Labute approximate surface area is 312 Å². The van der Waals surface area contributed by atoms with Crippen LogP contribution in [0.25, 0.3) is 0 Å². The van der Waals surface area contributed by atoms with Crippen LogP contribution in [0, 0.1) is 0 Å². The summed E-state index contributed by atoms with van der Waals surface area (Å²) in [5, 5.41) is 3.70. The van der Waals surface area contributed by atoms with E-state index in [1.54, 1.807) is 0 Å². The zero-order valence-corrected chi connectivity index (χ0v) is 34.8. The molecule has 0 aliphatic rings. The molecular weight excluding hydrogens is 595 g/mol. The molecule has 0 saturated heterocycles. The van der Waals surface area contributed by atoms with Gasteiger partial charge < -0.3 is 16.8 Å². The van der Waals surface area contributed by atoms with Gasteiger partial charge in [0.15, 0.2) is 0 Å². The molecule has 0 aliphatic carbocycles. The quantitative estimate of drug-likeness (QED) is 0.0557. The van der Waals surface area contributed by atoms with Crippen molar-refractivity contribution >= 4 is 0 Å². The number of hydrogen-bond acceptors (Lipinski definition) is 3. The molecule has 0 radical (unpaired) electrons. The van der Waals surface area contributed by atoms with Crippen LogP contribution in [0.1, 0.15) is 271 Å². The van der Waals surface area contributed by atoms with Crippen LogP contribution in [0.3, 0.4) is 0 Å². The van der Waals surface area contributed by atoms with Gasteiger partial charge in [-0.1, -0.05) is 258 Å². The van der Waals surface area contributed by atoms with Crippen molar-refractivity contribution in [2.75, 3.05) is 26.2 Å². The van der Waals surface area contributed by atoms with Crippen LogP contribution in [0.5, 0.6) is 0 Å². The molecule has 0 fully saturated rings. The molecule has 3 heteroatoms. The Morgan fingerprint density at radius 2 is 0.367 bits per heavy atom. The maximum atomic E-state index is 4.90. The fraction of sp³-hybridized carbons (Fsp3) is 1.00. The highest BCUT2D eigenvalue weighted by molar-refractivity contribution is 4.55. The van der Waals surface area contributed by atoms with E-state index in [1.807, 2.05) is 0 Å². The summed E-state index contributed by atoms with van der Waals surface area (Å²) in [6, 6.07) is 0. The van der Waals surface area contributed by atoms with Gasteiger partial charge in [0.1, 0.15) is 0 Å². The van der Waals surface area contributed by atoms with E-state index < -0.39 is 0 Å². The molecule has 3 nitrogen and oxygen atoms in total. The first-order valence-corrected chi connectivity index (χ1v) is 23.4. The van der Waals surface area contributed by atoms with Gasteiger partial charge in [-0.05, 0) is 25.9 Å². The molecule has 0 amide bonds. The van der Waals surface area contributed by atoms with Crippen molar-refractivity contribution in [1.82, 2.24) is 5.32 Å². The van der Waals surface area contributed by atoms with Crippen molar-refractivity contribution in [2.24, 2.45) is 11.5 Å². The smallest absolute Gasteiger partial charge is 0.00461 e. The van der Waals surface area contributed by atoms with Crippen molar-refractivity contribution in [1.29, 1.82) is 0 Å². The fourth-order valence-electron chi connectivity index (χ4n) is 7.14. The van der Waals surface area contributed by atoms with Crippen LogP contribution in [-0.2, 0) is 0 Å². The van der Waals surface area contributed by atoms with Crippen LogP contribution < -0.4 is 16.8 Å². The second kappa shape index (κ2) is 52.2. The average Bonchev–Trinajstić information content (AvgIpc) is 3.12. The summed E-state index contributed by atoms with van der Waals surface area (Å²) in [4.78, 5) is 0. The van der Waals surface area contributed by atoms with Gasteiger partial charge in [-0.2, -0.15) is 0 Å². The predicted octanol–water partition coefficient (Wildman–Crippen LogP) is 15.1. The maximum absolute atomic E-state index is 4.90. The lowest BCUT2D eigenvalue weighted by molar-refractivity contribution is 0.512. The van der Waals surface area contributed by atoms with E-state index >= 15 is 0 Å². The highest BCUT2D eigenvalue weighted by atomic mass is 14.8. The summed E-state index contributed by atoms with van der Waals surface area (Å²) in [5.41, 5.74) is 9.81. The highest BCUT2D eigenvalue weighted by Gasteiger charge is 1.98. The largest absolute Gasteiger partial charge is 0.329 e. The molecule has 0 saturated carbocycles. The molecule has 0 aromatic heterocycles. The minimum Gasteiger partial charge on any atom is -0.329 e. The van der Waals surface area contributed by atoms with Crippen molar-refractivity contribution in [3.05, 3.63) is 0 Å². The number of rotatable bonds is 43. The standard InChI is InChI=1S/C44H91N.C2H8N2/c1-3-5-7-9-11-13-15-17-19-21-23-25-27-29-31-33-35-37-39-41-43-45-44-42-40-38-36-34-32-30-28-26-24-22-20-18-16-14-12-10-8-6-4-2;3-1-2-4/h45H,3-44H2,1-2H3;1-4H2. The molecule has 0 aromatic rings. The Bertz CT molecular complexity index is 467. The molecule has 0 aliphatic heterocycles. The molecule has 5 N–H and O–H groups in total. The average molecular weight is 694 g/mol. The first-order chi connectivity index (χ1) is 24.3. The molecule has 0 bridgehead atoms. The Morgan fingerprint density at radius 1 is 0.224 bits per heavy atom. The summed E-state index contributed by atoms with van der Waals surface area (Å²) < 4.78 is 0. The lowest BCUT2D eigenvalue weighted by Gasteiger charge is -2.06. The van der Waals surface area contributed by atoms with Gasteiger partial charge in [0.2, 0.25) is 0 Å². The van der Waals surface area contributed by atoms with E-state index in [2.05, 4.69) is 19.2 Å². The molecule has 49 heavy (non-hydrogen) atoms. The van der Waals surface area contributed by atoms with Crippen molar-refractivity contribution in [2.45, 2.75) is 271 Å². The van der Waals surface area contributed by atoms with Crippen LogP contribution in [0.2, 0.25) is 0 Å². The van der Waals surface area contributed by atoms with E-state index in [9.17, 15) is 0 Å². The van der Waals surface area contributed by atoms with Gasteiger partial charge in [-0.15, -0.1) is 0 Å². The molecule has 0 aromatic carbocycles. The third kappa shape index (κ3) is 54.8. The van der Waals surface area contributed by atoms with Crippen LogP contribution in [-0.4, -0.2) is 26.2 Å². The van der Waals surface area contributed by atoms with Crippen LogP contribution in [0.4, 0.5) is 0 Å². The zero-order valence-electron chi connectivity index (χ0n) is 34.8. The first-order valence-electron chi connectivity index (χ1n) is 23.4. The predicted molar refractivity (Wildman–Crippen MR) is 227 cm³/mol. The minimum atomic E-state index is 0.597. The van der Waals surface area contributed by atoms with E-state index in [4.69, 9.17) is 11.5 Å². The SMILES string of the molecule is CCCCCCCCCCCCCCCCCCCCCCNCCCCCCCCCCCCCCCCCCCCCC.NCCN. The third-order valence-electron chi connectivity index (χ3n) is 10.6. The van der Waals surface area contributed by atoms with Crippen molar-refractivity contribution in [3.8, 4) is 0 Å². The van der Waals surface area contributed by atoms with E-state index in [-0.39, 0.29) is 0 Å². The molecular formula is C46H99N3. The Balaban J connectivity index is 0. The second-order valence-electron chi connectivity index (χ2n) is 15.8. The molecule has 0 rings (SSSR count). The molecule has 0 heterocycles. The lowest BCUT2D eigenvalue weighted by Crippen LogP contribution is -2.16. The Morgan fingerprint density at radius 3 is 0.510 bits per heavy atom. The maximum Gasteiger partial charge on any atom is 0.00461 e. The highest BCUT2D eigenvalue weighted by Crippen LogP contribution is 2.16. The van der Waals surface area contributed by atoms with Gasteiger partial charge in [0.25, 0.3) is 0 Å². The summed E-state index contributed by atoms with van der Waals surface area (Å²) in [6.45, 7) is 8.31. The summed E-state index contributed by atoms with van der Waals surface area (Å²) in [5.74, 6) is 0. The first kappa shape index (κ1) is 51.0. The fourth-order valence-corrected chi connectivity index (χ4v) is 7.14. The number of unbranched alkanes of at least 4 members (excludes halogenated alkanes) is 38. The van der Waals surface area contributed by atoms with E-state index in [0.29, 0.717) is 13.1 Å².